The zero-order chi connectivity index (χ0) is 10.0. The van der Waals surface area contributed by atoms with Gasteiger partial charge in [0.05, 0.1) is 0 Å². The van der Waals surface area contributed by atoms with E-state index in [4.69, 9.17) is 5.11 Å². The van der Waals surface area contributed by atoms with Gasteiger partial charge in [-0.3, -0.25) is 13.8 Å². The van der Waals surface area contributed by atoms with E-state index >= 15 is 0 Å². The zero-order valence-corrected chi connectivity index (χ0v) is 8.04. The van der Waals surface area contributed by atoms with Crippen LogP contribution in [0.25, 0.3) is 0 Å². The van der Waals surface area contributed by atoms with Crippen LogP contribution in [-0.4, -0.2) is 50.7 Å². The molecule has 0 radical (unpaired) electrons. The highest BCUT2D eigenvalue weighted by Crippen LogP contribution is 2.14. The number of rotatable bonds is 3. The van der Waals surface area contributed by atoms with Crippen LogP contribution in [0.3, 0.4) is 0 Å². The van der Waals surface area contributed by atoms with Gasteiger partial charge in [0.1, 0.15) is 11.0 Å². The molecule has 1 amide bonds. The second-order valence-corrected chi connectivity index (χ2v) is 4.58. The molecule has 0 aromatic carbocycles. The van der Waals surface area contributed by atoms with Gasteiger partial charge in [0.2, 0.25) is 5.91 Å². The molecule has 1 aliphatic heterocycles. The predicted molar refractivity (Wildman–Crippen MR) is 46.7 cm³/mol. The number of hydrogen-bond donors (Lipinski definition) is 1. The Kier molecular flexibility index (Phi) is 3.02. The van der Waals surface area contributed by atoms with Crippen LogP contribution in [0, 0.1) is 0 Å². The third-order valence-electron chi connectivity index (χ3n) is 1.96. The molecule has 0 aromatic heterocycles. The fraction of sp³-hybridized carbons (Fsp3) is 0.714. The quantitative estimate of drug-likeness (QED) is 0.644. The van der Waals surface area contributed by atoms with Crippen LogP contribution in [-0.2, 0) is 20.4 Å². The van der Waals surface area contributed by atoms with Gasteiger partial charge >= 0.3 is 5.97 Å². The Hall–Kier alpha value is -0.910. The lowest BCUT2D eigenvalue weighted by Gasteiger charge is -2.08. The molecule has 74 valence electrons. The van der Waals surface area contributed by atoms with Gasteiger partial charge in [0.25, 0.3) is 0 Å². The van der Waals surface area contributed by atoms with Crippen molar-refractivity contribution in [2.45, 2.75) is 11.7 Å². The first-order valence-corrected chi connectivity index (χ1v) is 5.24. The van der Waals surface area contributed by atoms with E-state index in [2.05, 4.69) is 0 Å². The summed E-state index contributed by atoms with van der Waals surface area (Å²) in [7, 11) is 0.0583. The molecule has 0 aromatic rings. The molecule has 1 heterocycles. The number of carboxylic acids is 1. The minimum absolute atomic E-state index is 0.209. The van der Waals surface area contributed by atoms with E-state index in [0.717, 1.165) is 0 Å². The monoisotopic (exact) mass is 205 g/mol. The number of nitrogens with zero attached hydrogens (tertiary/aromatic N) is 1. The molecule has 1 fully saturated rings. The summed E-state index contributed by atoms with van der Waals surface area (Å²) in [4.78, 5) is 23.0. The molecule has 0 bridgehead atoms. The fourth-order valence-electron chi connectivity index (χ4n) is 1.26. The van der Waals surface area contributed by atoms with Crippen molar-refractivity contribution in [3.8, 4) is 0 Å². The van der Waals surface area contributed by atoms with Crippen molar-refractivity contribution in [2.24, 2.45) is 0 Å². The van der Waals surface area contributed by atoms with Crippen LogP contribution in [0.4, 0.5) is 0 Å². The lowest BCUT2D eigenvalue weighted by Crippen LogP contribution is -2.31. The smallest absolute Gasteiger partial charge is 0.316 e. The molecule has 0 saturated carbocycles. The summed E-state index contributed by atoms with van der Waals surface area (Å²) in [6.07, 6.45) is 0.495. The van der Waals surface area contributed by atoms with Gasteiger partial charge in [-0.1, -0.05) is 0 Å². The van der Waals surface area contributed by atoms with E-state index in [9.17, 15) is 13.8 Å². The highest BCUT2D eigenvalue weighted by molar-refractivity contribution is 7.87. The van der Waals surface area contributed by atoms with Crippen molar-refractivity contribution >= 4 is 22.7 Å². The number of carbonyl (C=O) groups excluding carboxylic acids is 1. The van der Waals surface area contributed by atoms with Crippen LogP contribution in [0.2, 0.25) is 0 Å². The molecule has 6 heteroatoms. The van der Waals surface area contributed by atoms with Crippen LogP contribution in [0.15, 0.2) is 0 Å². The molecule has 13 heavy (non-hydrogen) atoms. The number of aliphatic carboxylic acids is 1. The van der Waals surface area contributed by atoms with Crippen molar-refractivity contribution < 1.29 is 18.9 Å². The Morgan fingerprint density at radius 1 is 1.77 bits per heavy atom. The lowest BCUT2D eigenvalue weighted by atomic mass is 10.4. The third kappa shape index (κ3) is 2.27. The summed E-state index contributed by atoms with van der Waals surface area (Å²) in [5.74, 6) is -1.77. The second-order valence-electron chi connectivity index (χ2n) is 2.96. The van der Waals surface area contributed by atoms with Gasteiger partial charge < -0.3 is 10.0 Å². The minimum Gasteiger partial charge on any atom is -0.481 e. The number of hydrogen-bond acceptors (Lipinski definition) is 3. The van der Waals surface area contributed by atoms with Gasteiger partial charge in [0.15, 0.2) is 0 Å². The summed E-state index contributed by atoms with van der Waals surface area (Å²) in [6.45, 7) is 0.564. The van der Waals surface area contributed by atoms with Crippen molar-refractivity contribution in [1.82, 2.24) is 4.90 Å². The van der Waals surface area contributed by atoms with Crippen molar-refractivity contribution in [1.29, 1.82) is 0 Å². The van der Waals surface area contributed by atoms with Gasteiger partial charge in [-0.05, 0) is 6.42 Å². The van der Waals surface area contributed by atoms with E-state index < -0.39 is 27.8 Å². The minimum atomic E-state index is -1.57. The maximum atomic E-state index is 11.3. The first-order valence-electron chi connectivity index (χ1n) is 3.86. The Labute approximate surface area is 78.2 Å². The predicted octanol–water partition coefficient (Wildman–Crippen LogP) is -0.950. The third-order valence-corrected chi connectivity index (χ3v) is 3.56. The number of carboxylic acid groups (broad SMARTS) is 1. The Morgan fingerprint density at radius 2 is 2.38 bits per heavy atom. The molecular weight excluding hydrogens is 194 g/mol. The standard InChI is InChI=1S/C7H11NO4S/c1-8-3-2-5(7(8)11)13(12)4-6(9)10/h5H,2-4H2,1H3,(H,9,10). The van der Waals surface area contributed by atoms with E-state index in [1.807, 2.05) is 0 Å². The average Bonchev–Trinajstić information content (AvgIpc) is 2.31. The molecule has 2 unspecified atom stereocenters. The van der Waals surface area contributed by atoms with E-state index in [1.165, 1.54) is 4.90 Å². The van der Waals surface area contributed by atoms with Crippen molar-refractivity contribution in [2.75, 3.05) is 19.3 Å². The van der Waals surface area contributed by atoms with E-state index in [-0.39, 0.29) is 5.91 Å². The highest BCUT2D eigenvalue weighted by Gasteiger charge is 2.34. The summed E-state index contributed by atoms with van der Waals surface area (Å²) in [6, 6.07) is 0. The van der Waals surface area contributed by atoms with E-state index in [1.54, 1.807) is 7.05 Å². The van der Waals surface area contributed by atoms with E-state index in [0.29, 0.717) is 13.0 Å². The Morgan fingerprint density at radius 3 is 2.77 bits per heavy atom. The highest BCUT2D eigenvalue weighted by atomic mass is 32.2. The van der Waals surface area contributed by atoms with Crippen molar-refractivity contribution in [3.63, 3.8) is 0 Å². The normalized spacial score (nSPS) is 24.8. The molecule has 1 rings (SSSR count). The van der Waals surface area contributed by atoms with Crippen molar-refractivity contribution in [3.05, 3.63) is 0 Å². The molecule has 2 atom stereocenters. The van der Waals surface area contributed by atoms with Gasteiger partial charge in [-0.15, -0.1) is 0 Å². The summed E-state index contributed by atoms with van der Waals surface area (Å²) < 4.78 is 11.3. The maximum absolute atomic E-state index is 11.3. The summed E-state index contributed by atoms with van der Waals surface area (Å²) in [5, 5.41) is 7.77. The second kappa shape index (κ2) is 3.87. The van der Waals surface area contributed by atoms with Crippen LogP contribution < -0.4 is 0 Å². The van der Waals surface area contributed by atoms with Crippen LogP contribution in [0.1, 0.15) is 6.42 Å². The molecule has 5 nitrogen and oxygen atoms in total. The van der Waals surface area contributed by atoms with Crippen LogP contribution >= 0.6 is 0 Å². The molecule has 0 aliphatic carbocycles. The lowest BCUT2D eigenvalue weighted by molar-refractivity contribution is -0.134. The van der Waals surface area contributed by atoms with Gasteiger partial charge in [-0.2, -0.15) is 0 Å². The van der Waals surface area contributed by atoms with Gasteiger partial charge in [0, 0.05) is 24.4 Å². The summed E-state index contributed by atoms with van der Waals surface area (Å²) >= 11 is 0. The number of amides is 1. The summed E-state index contributed by atoms with van der Waals surface area (Å²) in [5.41, 5.74) is 0. The molecule has 1 N–H and O–H groups in total. The SMILES string of the molecule is CN1CCC(S(=O)CC(=O)O)C1=O. The topological polar surface area (TPSA) is 74.7 Å². The Balaban J connectivity index is 2.58. The molecular formula is C7H11NO4S. The number of likely N-dealkylation sites (tertiary alicyclic amines) is 1. The first kappa shape index (κ1) is 10.2. The van der Waals surface area contributed by atoms with Gasteiger partial charge in [-0.25, -0.2) is 0 Å². The molecule has 1 saturated heterocycles. The molecule has 1 aliphatic rings. The average molecular weight is 205 g/mol. The zero-order valence-electron chi connectivity index (χ0n) is 7.23. The fourth-order valence-corrected chi connectivity index (χ4v) is 2.47. The maximum Gasteiger partial charge on any atom is 0.316 e. The Bertz CT molecular complexity index is 265. The number of carbonyl (C=O) groups is 2. The first-order chi connectivity index (χ1) is 6.02. The largest absolute Gasteiger partial charge is 0.481 e. The van der Waals surface area contributed by atoms with Crippen LogP contribution in [0.5, 0.6) is 0 Å². The molecule has 0 spiro atoms.